The highest BCUT2D eigenvalue weighted by Gasteiger charge is 2.16. The molecular formula is C50H40N2. The highest BCUT2D eigenvalue weighted by molar-refractivity contribution is 6.12. The molecule has 0 spiro atoms. The number of rotatable bonds is 8. The van der Waals surface area contributed by atoms with Gasteiger partial charge in [-0.15, -0.1) is 0 Å². The third-order valence-corrected chi connectivity index (χ3v) is 10.4. The SMILES string of the molecule is CC/C=C\C=C/C(C)c1cccc(-n2c3ccccc3c3cc(-c4ccc5c(c4)c4ccccc4n5-c4ccc(-c5ccccc5)cc4)ccc32)c1. The van der Waals surface area contributed by atoms with Gasteiger partial charge in [0.05, 0.1) is 22.1 Å². The largest absolute Gasteiger partial charge is 0.309 e. The monoisotopic (exact) mass is 668 g/mol. The summed E-state index contributed by atoms with van der Waals surface area (Å²) in [5.41, 5.74) is 13.4. The van der Waals surface area contributed by atoms with E-state index in [9.17, 15) is 0 Å². The normalized spacial score (nSPS) is 12.7. The lowest BCUT2D eigenvalue weighted by atomic mass is 10.00. The second kappa shape index (κ2) is 13.4. The molecule has 0 fully saturated rings. The number of para-hydroxylation sites is 2. The second-order valence-corrected chi connectivity index (χ2v) is 13.7. The molecule has 0 N–H and O–H groups in total. The molecular weight excluding hydrogens is 629 g/mol. The molecule has 0 bridgehead atoms. The lowest BCUT2D eigenvalue weighted by molar-refractivity contribution is 0.962. The van der Waals surface area contributed by atoms with Crippen molar-refractivity contribution in [3.05, 3.63) is 194 Å². The van der Waals surface area contributed by atoms with Gasteiger partial charge in [0, 0.05) is 32.9 Å². The molecule has 1 atom stereocenters. The summed E-state index contributed by atoms with van der Waals surface area (Å²) in [6, 6.07) is 60.0. The third kappa shape index (κ3) is 5.54. The second-order valence-electron chi connectivity index (χ2n) is 13.7. The molecule has 52 heavy (non-hydrogen) atoms. The zero-order chi connectivity index (χ0) is 35.0. The molecule has 2 heteroatoms. The Balaban J connectivity index is 1.13. The zero-order valence-corrected chi connectivity index (χ0v) is 29.6. The van der Waals surface area contributed by atoms with E-state index in [1.54, 1.807) is 0 Å². The van der Waals surface area contributed by atoms with E-state index in [1.165, 1.54) is 77.1 Å². The number of nitrogens with zero attached hydrogens (tertiary/aromatic N) is 2. The van der Waals surface area contributed by atoms with Crippen LogP contribution < -0.4 is 0 Å². The lowest BCUT2D eigenvalue weighted by Crippen LogP contribution is -1.97. The van der Waals surface area contributed by atoms with Gasteiger partial charge < -0.3 is 9.13 Å². The van der Waals surface area contributed by atoms with Crippen LogP contribution in [0.5, 0.6) is 0 Å². The summed E-state index contributed by atoms with van der Waals surface area (Å²) in [5, 5.41) is 5.04. The quantitative estimate of drug-likeness (QED) is 0.143. The smallest absolute Gasteiger partial charge is 0.0541 e. The Labute approximate surface area is 305 Å². The van der Waals surface area contributed by atoms with Crippen molar-refractivity contribution in [1.29, 1.82) is 0 Å². The van der Waals surface area contributed by atoms with E-state index in [4.69, 9.17) is 0 Å². The minimum Gasteiger partial charge on any atom is -0.309 e. The van der Waals surface area contributed by atoms with Gasteiger partial charge in [0.2, 0.25) is 0 Å². The van der Waals surface area contributed by atoms with E-state index >= 15 is 0 Å². The average molecular weight is 669 g/mol. The number of fused-ring (bicyclic) bond motifs is 6. The maximum Gasteiger partial charge on any atom is 0.0541 e. The molecule has 9 rings (SSSR count). The standard InChI is InChI=1S/C50H40N2/c1-3-4-5-7-15-35(2)38-18-14-19-42(32-38)52-48-23-13-11-21-44(48)46-34-40(27-31-50(46)52)39-26-30-49-45(33-39)43-20-10-12-22-47(43)51(49)41-28-24-37(25-29-41)36-16-8-6-9-17-36/h4-35H,3H2,1-2H3/b5-4-,15-7-. The van der Waals surface area contributed by atoms with Gasteiger partial charge >= 0.3 is 0 Å². The van der Waals surface area contributed by atoms with E-state index in [1.807, 2.05) is 0 Å². The summed E-state index contributed by atoms with van der Waals surface area (Å²) in [6.07, 6.45) is 9.83. The van der Waals surface area contributed by atoms with Gasteiger partial charge in [-0.05, 0) is 101 Å². The first-order valence-corrected chi connectivity index (χ1v) is 18.3. The van der Waals surface area contributed by atoms with Crippen molar-refractivity contribution in [3.63, 3.8) is 0 Å². The van der Waals surface area contributed by atoms with E-state index < -0.39 is 0 Å². The molecule has 250 valence electrons. The predicted octanol–water partition coefficient (Wildman–Crippen LogP) is 13.8. The van der Waals surface area contributed by atoms with E-state index in [0.717, 1.165) is 12.1 Å². The van der Waals surface area contributed by atoms with Crippen LogP contribution in [0, 0.1) is 0 Å². The van der Waals surface area contributed by atoms with Crippen molar-refractivity contribution in [2.75, 3.05) is 0 Å². The van der Waals surface area contributed by atoms with Crippen LogP contribution in [0.3, 0.4) is 0 Å². The number of hydrogen-bond acceptors (Lipinski definition) is 0. The first-order chi connectivity index (χ1) is 25.7. The fourth-order valence-corrected chi connectivity index (χ4v) is 7.80. The first kappa shape index (κ1) is 31.6. The van der Waals surface area contributed by atoms with Crippen LogP contribution in [0.4, 0.5) is 0 Å². The summed E-state index contributed by atoms with van der Waals surface area (Å²) in [4.78, 5) is 0. The van der Waals surface area contributed by atoms with Gasteiger partial charge in [0.1, 0.15) is 0 Å². The predicted molar refractivity (Wildman–Crippen MR) is 223 cm³/mol. The Hall–Kier alpha value is -6.38. The molecule has 0 amide bonds. The fourth-order valence-electron chi connectivity index (χ4n) is 7.80. The molecule has 0 saturated heterocycles. The van der Waals surface area contributed by atoms with Crippen molar-refractivity contribution in [2.24, 2.45) is 0 Å². The summed E-state index contributed by atoms with van der Waals surface area (Å²) in [7, 11) is 0. The van der Waals surface area contributed by atoms with Gasteiger partial charge in [0.25, 0.3) is 0 Å². The molecule has 0 aliphatic heterocycles. The molecule has 0 radical (unpaired) electrons. The molecule has 0 aliphatic rings. The van der Waals surface area contributed by atoms with Crippen molar-refractivity contribution in [2.45, 2.75) is 26.2 Å². The van der Waals surface area contributed by atoms with Crippen LogP contribution in [0.1, 0.15) is 31.7 Å². The Morgan fingerprint density at radius 2 is 0.981 bits per heavy atom. The fraction of sp³-hybridized carbons (Fsp3) is 0.0800. The Kier molecular flexibility index (Phi) is 8.14. The van der Waals surface area contributed by atoms with Crippen LogP contribution in [-0.2, 0) is 0 Å². The summed E-state index contributed by atoms with van der Waals surface area (Å²) < 4.78 is 4.82. The van der Waals surface area contributed by atoms with E-state index in [-0.39, 0.29) is 0 Å². The van der Waals surface area contributed by atoms with Crippen LogP contribution in [0.2, 0.25) is 0 Å². The van der Waals surface area contributed by atoms with Gasteiger partial charge in [-0.25, -0.2) is 0 Å². The minimum absolute atomic E-state index is 0.315. The number of benzene rings is 7. The first-order valence-electron chi connectivity index (χ1n) is 18.3. The molecule has 2 nitrogen and oxygen atoms in total. The number of allylic oxidation sites excluding steroid dienone is 4. The average Bonchev–Trinajstić information content (AvgIpc) is 3.72. The zero-order valence-electron chi connectivity index (χ0n) is 29.6. The topological polar surface area (TPSA) is 9.86 Å². The van der Waals surface area contributed by atoms with Gasteiger partial charge in [-0.2, -0.15) is 0 Å². The maximum absolute atomic E-state index is 2.42. The molecule has 7 aromatic carbocycles. The maximum atomic E-state index is 2.42. The molecule has 1 unspecified atom stereocenters. The summed E-state index contributed by atoms with van der Waals surface area (Å²) >= 11 is 0. The minimum atomic E-state index is 0.315. The Bertz CT molecular complexity index is 2770. The van der Waals surface area contributed by atoms with Crippen molar-refractivity contribution in [3.8, 4) is 33.6 Å². The van der Waals surface area contributed by atoms with E-state index in [2.05, 4.69) is 211 Å². The van der Waals surface area contributed by atoms with Crippen LogP contribution in [0.25, 0.3) is 77.2 Å². The third-order valence-electron chi connectivity index (χ3n) is 10.4. The number of aromatic nitrogens is 2. The Morgan fingerprint density at radius 1 is 0.442 bits per heavy atom. The molecule has 2 heterocycles. The van der Waals surface area contributed by atoms with Crippen molar-refractivity contribution in [1.82, 2.24) is 9.13 Å². The molecule has 9 aromatic rings. The molecule has 2 aromatic heterocycles. The van der Waals surface area contributed by atoms with Gasteiger partial charge in [-0.3, -0.25) is 0 Å². The number of hydrogen-bond donors (Lipinski definition) is 0. The van der Waals surface area contributed by atoms with E-state index in [0.29, 0.717) is 5.92 Å². The van der Waals surface area contributed by atoms with Gasteiger partial charge in [0.15, 0.2) is 0 Å². The summed E-state index contributed by atoms with van der Waals surface area (Å²) in [6.45, 7) is 4.43. The van der Waals surface area contributed by atoms with Crippen molar-refractivity contribution >= 4 is 43.6 Å². The molecule has 0 aliphatic carbocycles. The lowest BCUT2D eigenvalue weighted by Gasteiger charge is -2.13. The summed E-state index contributed by atoms with van der Waals surface area (Å²) in [5.74, 6) is 0.315. The highest BCUT2D eigenvalue weighted by Crippen LogP contribution is 2.38. The molecule has 0 saturated carbocycles. The van der Waals surface area contributed by atoms with Crippen LogP contribution in [-0.4, -0.2) is 9.13 Å². The van der Waals surface area contributed by atoms with Crippen molar-refractivity contribution < 1.29 is 0 Å². The van der Waals surface area contributed by atoms with Gasteiger partial charge in [-0.1, -0.05) is 141 Å². The van der Waals surface area contributed by atoms with Crippen LogP contribution >= 0.6 is 0 Å². The Morgan fingerprint density at radius 3 is 1.62 bits per heavy atom. The van der Waals surface area contributed by atoms with Crippen LogP contribution in [0.15, 0.2) is 188 Å². The highest BCUT2D eigenvalue weighted by atomic mass is 15.0.